The third-order valence-electron chi connectivity index (χ3n) is 8.04. The average molecular weight is 709 g/mol. The number of aliphatic hydroxyl groups excluding tert-OH is 1. The quantitative estimate of drug-likeness (QED) is 0.0293. The van der Waals surface area contributed by atoms with E-state index < -0.39 is 20.0 Å². The molecule has 0 saturated carbocycles. The predicted molar refractivity (Wildman–Crippen MR) is 207 cm³/mol. The van der Waals surface area contributed by atoms with Gasteiger partial charge in [-0.2, -0.15) is 0 Å². The number of hydrogen-bond acceptors (Lipinski definition) is 6. The Bertz CT molecular complexity index is 949. The summed E-state index contributed by atoms with van der Waals surface area (Å²) < 4.78 is 22.0. The van der Waals surface area contributed by atoms with E-state index in [-0.39, 0.29) is 25.7 Å². The number of unbranched alkanes of at least 4 members (excludes halogenated alkanes) is 15. The van der Waals surface area contributed by atoms with Gasteiger partial charge < -0.3 is 21.1 Å². The van der Waals surface area contributed by atoms with Gasteiger partial charge in [0.2, 0.25) is 5.91 Å². The molecule has 3 unspecified atom stereocenters. The van der Waals surface area contributed by atoms with Gasteiger partial charge in [0, 0.05) is 13.0 Å². The molecule has 0 saturated heterocycles. The minimum atomic E-state index is -4.35. The number of phosphoric acid groups is 1. The van der Waals surface area contributed by atoms with Gasteiger partial charge in [-0.1, -0.05) is 132 Å². The zero-order valence-corrected chi connectivity index (χ0v) is 32.1. The second-order valence-electron chi connectivity index (χ2n) is 12.8. The molecule has 0 aliphatic rings. The molecule has 3 atom stereocenters. The number of phosphoric ester groups is 1. The molecule has 0 aromatic rings. The lowest BCUT2D eigenvalue weighted by atomic mass is 10.1. The van der Waals surface area contributed by atoms with Crippen LogP contribution in [0.4, 0.5) is 0 Å². The third-order valence-corrected chi connectivity index (χ3v) is 9.03. The number of hydrogen-bond donors (Lipinski definition) is 4. The van der Waals surface area contributed by atoms with Gasteiger partial charge in [-0.15, -0.1) is 0 Å². The van der Waals surface area contributed by atoms with Crippen LogP contribution in [0.2, 0.25) is 0 Å². The summed E-state index contributed by atoms with van der Waals surface area (Å²) in [6, 6.07) is -0.891. The van der Waals surface area contributed by atoms with Crippen LogP contribution in [0.1, 0.15) is 155 Å². The Morgan fingerprint density at radius 1 is 0.673 bits per heavy atom. The van der Waals surface area contributed by atoms with Crippen LogP contribution >= 0.6 is 7.82 Å². The highest BCUT2D eigenvalue weighted by Gasteiger charge is 2.26. The van der Waals surface area contributed by atoms with E-state index in [4.69, 9.17) is 14.8 Å². The highest BCUT2D eigenvalue weighted by atomic mass is 31.2. The van der Waals surface area contributed by atoms with Crippen LogP contribution in [0.5, 0.6) is 0 Å². The van der Waals surface area contributed by atoms with E-state index in [1.54, 1.807) is 6.08 Å². The Morgan fingerprint density at radius 3 is 1.69 bits per heavy atom. The van der Waals surface area contributed by atoms with Crippen molar-refractivity contribution in [2.75, 3.05) is 19.8 Å². The van der Waals surface area contributed by atoms with E-state index in [9.17, 15) is 19.4 Å². The van der Waals surface area contributed by atoms with Crippen LogP contribution in [-0.4, -0.2) is 47.8 Å². The van der Waals surface area contributed by atoms with Crippen molar-refractivity contribution < 1.29 is 28.4 Å². The first-order chi connectivity index (χ1) is 23.9. The number of amides is 1. The van der Waals surface area contributed by atoms with E-state index >= 15 is 0 Å². The van der Waals surface area contributed by atoms with Gasteiger partial charge in [0.1, 0.15) is 0 Å². The van der Waals surface area contributed by atoms with Crippen LogP contribution in [0.15, 0.2) is 60.8 Å². The fourth-order valence-corrected chi connectivity index (χ4v) is 5.83. The van der Waals surface area contributed by atoms with E-state index in [1.165, 1.54) is 57.8 Å². The number of nitrogens with one attached hydrogen (secondary N) is 1. The molecule has 0 fully saturated rings. The number of carbonyl (C=O) groups excluding carboxylic acids is 1. The molecule has 0 spiro atoms. The Labute approximate surface area is 300 Å². The summed E-state index contributed by atoms with van der Waals surface area (Å²) >= 11 is 0. The van der Waals surface area contributed by atoms with Crippen molar-refractivity contribution in [2.45, 2.75) is 167 Å². The van der Waals surface area contributed by atoms with Crippen molar-refractivity contribution in [3.8, 4) is 0 Å². The summed E-state index contributed by atoms with van der Waals surface area (Å²) in [6.07, 6.45) is 44.0. The molecular formula is C40H73N2O6P. The SMILES string of the molecule is CCCCCC/C=C\C/C=C\CCCCCCCC(=O)NC(COP(=O)(O)OCCN)C(O)/C=C/CC/C=C/CC/C=C/CCCCCC. The highest BCUT2D eigenvalue weighted by molar-refractivity contribution is 7.47. The molecule has 1 amide bonds. The fraction of sp³-hybridized carbons (Fsp3) is 0.725. The Morgan fingerprint density at radius 2 is 1.14 bits per heavy atom. The van der Waals surface area contributed by atoms with Crippen LogP contribution in [0.3, 0.4) is 0 Å². The molecule has 0 aliphatic heterocycles. The van der Waals surface area contributed by atoms with Gasteiger partial charge in [0.25, 0.3) is 0 Å². The minimum Gasteiger partial charge on any atom is -0.387 e. The molecule has 0 radical (unpaired) electrons. The van der Waals surface area contributed by atoms with Crippen molar-refractivity contribution in [1.82, 2.24) is 5.32 Å². The highest BCUT2D eigenvalue weighted by Crippen LogP contribution is 2.43. The number of aliphatic hydroxyl groups is 1. The van der Waals surface area contributed by atoms with Gasteiger partial charge >= 0.3 is 7.82 Å². The van der Waals surface area contributed by atoms with Crippen LogP contribution in [-0.2, 0) is 18.4 Å². The first-order valence-corrected chi connectivity index (χ1v) is 20.9. The van der Waals surface area contributed by atoms with Crippen molar-refractivity contribution in [1.29, 1.82) is 0 Å². The molecule has 8 nitrogen and oxygen atoms in total. The molecule has 49 heavy (non-hydrogen) atoms. The average Bonchev–Trinajstić information content (AvgIpc) is 3.09. The van der Waals surface area contributed by atoms with Crippen molar-refractivity contribution in [3.05, 3.63) is 60.8 Å². The maximum absolute atomic E-state index is 12.7. The second-order valence-corrected chi connectivity index (χ2v) is 14.2. The van der Waals surface area contributed by atoms with E-state index in [0.29, 0.717) is 6.42 Å². The molecule has 0 bridgehead atoms. The number of allylic oxidation sites excluding steroid dienone is 9. The summed E-state index contributed by atoms with van der Waals surface area (Å²) in [4.78, 5) is 22.6. The standard InChI is InChI=1S/C40H73N2O6P/c1-3-5-7-9-11-13-15-17-19-20-22-24-26-28-30-32-34-40(44)42-38(37-48-49(45,46)47-36-35-41)39(43)33-31-29-27-25-23-21-18-16-14-12-10-8-6-4-2/h13-16,19-20,23,25,31,33,38-39,43H,3-12,17-18,21-22,24,26-30,32,34-37,41H2,1-2H3,(H,42,44)(H,45,46)/b15-13-,16-14+,20-19-,25-23+,33-31+. The molecule has 0 heterocycles. The van der Waals surface area contributed by atoms with Crippen molar-refractivity contribution >= 4 is 13.7 Å². The maximum Gasteiger partial charge on any atom is 0.472 e. The molecule has 9 heteroatoms. The molecule has 0 aromatic heterocycles. The Balaban J connectivity index is 4.42. The van der Waals surface area contributed by atoms with Gasteiger partial charge in [-0.3, -0.25) is 13.8 Å². The summed E-state index contributed by atoms with van der Waals surface area (Å²) in [7, 11) is -4.35. The molecule has 5 N–H and O–H groups in total. The number of rotatable bonds is 35. The van der Waals surface area contributed by atoms with Crippen molar-refractivity contribution in [2.24, 2.45) is 5.73 Å². The first-order valence-electron chi connectivity index (χ1n) is 19.4. The summed E-state index contributed by atoms with van der Waals surface area (Å²) in [6.45, 7) is 4.03. The smallest absolute Gasteiger partial charge is 0.387 e. The summed E-state index contributed by atoms with van der Waals surface area (Å²) in [5.74, 6) is -0.226. The monoisotopic (exact) mass is 709 g/mol. The van der Waals surface area contributed by atoms with E-state index in [1.807, 2.05) is 6.08 Å². The van der Waals surface area contributed by atoms with E-state index in [0.717, 1.165) is 77.0 Å². The van der Waals surface area contributed by atoms with Gasteiger partial charge in [-0.25, -0.2) is 4.57 Å². The minimum absolute atomic E-state index is 0.0668. The largest absolute Gasteiger partial charge is 0.472 e. The number of nitrogens with two attached hydrogens (primary N) is 1. The van der Waals surface area contributed by atoms with Gasteiger partial charge in [-0.05, 0) is 77.0 Å². The lowest BCUT2D eigenvalue weighted by Gasteiger charge is -2.23. The number of carbonyl (C=O) groups is 1. The normalized spacial score (nSPS) is 15.0. The molecule has 0 rings (SSSR count). The maximum atomic E-state index is 12.7. The summed E-state index contributed by atoms with van der Waals surface area (Å²) in [5.41, 5.74) is 5.35. The van der Waals surface area contributed by atoms with Gasteiger partial charge in [0.15, 0.2) is 0 Å². The predicted octanol–water partition coefficient (Wildman–Crippen LogP) is 10.3. The third kappa shape index (κ3) is 34.4. The van der Waals surface area contributed by atoms with Crippen LogP contribution in [0.25, 0.3) is 0 Å². The van der Waals surface area contributed by atoms with E-state index in [2.05, 4.69) is 67.8 Å². The molecular weight excluding hydrogens is 635 g/mol. The van der Waals surface area contributed by atoms with Gasteiger partial charge in [0.05, 0.1) is 25.4 Å². The Hall–Kier alpha value is -1.80. The van der Waals surface area contributed by atoms with Crippen molar-refractivity contribution in [3.63, 3.8) is 0 Å². The lowest BCUT2D eigenvalue weighted by molar-refractivity contribution is -0.123. The zero-order valence-electron chi connectivity index (χ0n) is 31.2. The topological polar surface area (TPSA) is 131 Å². The second kappa shape index (κ2) is 36.0. The van der Waals surface area contributed by atoms with Crippen LogP contribution < -0.4 is 11.1 Å². The molecule has 0 aliphatic carbocycles. The molecule has 0 aromatic carbocycles. The van der Waals surface area contributed by atoms with Crippen LogP contribution in [0, 0.1) is 0 Å². The molecule has 284 valence electrons. The zero-order chi connectivity index (χ0) is 36.1. The fourth-order valence-electron chi connectivity index (χ4n) is 5.07. The summed E-state index contributed by atoms with van der Waals surface area (Å²) in [5, 5.41) is 13.6. The Kier molecular flexibility index (Phi) is 34.7. The first kappa shape index (κ1) is 47.2. The lowest BCUT2D eigenvalue weighted by Crippen LogP contribution is -2.45.